The molecule has 0 bridgehead atoms. The van der Waals surface area contributed by atoms with Crippen molar-refractivity contribution in [3.05, 3.63) is 18.5 Å². The predicted molar refractivity (Wildman–Crippen MR) is 72.1 cm³/mol. The van der Waals surface area contributed by atoms with Crippen LogP contribution in [-0.2, 0) is 11.8 Å². The van der Waals surface area contributed by atoms with Gasteiger partial charge in [0.2, 0.25) is 0 Å². The summed E-state index contributed by atoms with van der Waals surface area (Å²) in [5.41, 5.74) is 1.92. The Balaban J connectivity index is 2.03. The van der Waals surface area contributed by atoms with Crippen LogP contribution in [0.15, 0.2) is 18.5 Å². The largest absolute Gasteiger partial charge is 0.394 e. The van der Waals surface area contributed by atoms with Gasteiger partial charge in [0.25, 0.3) is 0 Å². The summed E-state index contributed by atoms with van der Waals surface area (Å²) in [6.07, 6.45) is 4.62. The molecule has 1 aliphatic rings. The average Bonchev–Trinajstić information content (AvgIpc) is 3.02. The van der Waals surface area contributed by atoms with Crippen molar-refractivity contribution in [1.82, 2.24) is 14.8 Å². The summed E-state index contributed by atoms with van der Waals surface area (Å²) >= 11 is 0. The number of methoxy groups -OCH3 is 1. The minimum absolute atomic E-state index is 0.0933. The molecule has 19 heavy (non-hydrogen) atoms. The number of pyridine rings is 1. The second kappa shape index (κ2) is 4.79. The number of hydrogen-bond acceptors (Lipinski definition) is 5. The molecule has 0 unspecified atom stereocenters. The minimum atomic E-state index is 0.0933. The topological polar surface area (TPSA) is 63.4 Å². The van der Waals surface area contributed by atoms with Crippen molar-refractivity contribution >= 4 is 16.7 Å². The smallest absolute Gasteiger partial charge is 0.159 e. The third kappa shape index (κ3) is 1.97. The predicted octanol–water partition coefficient (Wildman–Crippen LogP) is 0.554. The van der Waals surface area contributed by atoms with E-state index in [1.807, 2.05) is 19.3 Å². The Morgan fingerprint density at radius 2 is 2.37 bits per heavy atom. The molecule has 6 heteroatoms. The number of ether oxygens (including phenoxy) is 1. The zero-order chi connectivity index (χ0) is 13.4. The highest BCUT2D eigenvalue weighted by Gasteiger charge is 2.32. The molecule has 102 valence electrons. The van der Waals surface area contributed by atoms with Crippen LogP contribution >= 0.6 is 0 Å². The van der Waals surface area contributed by atoms with Gasteiger partial charge in [-0.2, -0.15) is 5.10 Å². The van der Waals surface area contributed by atoms with Crippen molar-refractivity contribution in [1.29, 1.82) is 0 Å². The summed E-state index contributed by atoms with van der Waals surface area (Å²) in [6, 6.07) is 2.07. The van der Waals surface area contributed by atoms with Gasteiger partial charge in [0.05, 0.1) is 36.0 Å². The lowest BCUT2D eigenvalue weighted by molar-refractivity contribution is 0.115. The van der Waals surface area contributed by atoms with E-state index in [4.69, 9.17) is 4.74 Å². The maximum Gasteiger partial charge on any atom is 0.159 e. The molecule has 0 spiro atoms. The summed E-state index contributed by atoms with van der Waals surface area (Å²) < 4.78 is 7.18. The van der Waals surface area contributed by atoms with Crippen LogP contribution in [-0.4, -0.2) is 52.3 Å². The van der Waals surface area contributed by atoms with E-state index >= 15 is 0 Å². The van der Waals surface area contributed by atoms with Gasteiger partial charge in [-0.3, -0.25) is 4.68 Å². The highest BCUT2D eigenvalue weighted by molar-refractivity contribution is 5.89. The van der Waals surface area contributed by atoms with E-state index in [9.17, 15) is 5.11 Å². The molecule has 1 fully saturated rings. The van der Waals surface area contributed by atoms with Crippen molar-refractivity contribution in [3.63, 3.8) is 0 Å². The Kier molecular flexibility index (Phi) is 3.12. The van der Waals surface area contributed by atoms with E-state index in [-0.39, 0.29) is 18.8 Å². The molecule has 1 saturated heterocycles. The average molecular weight is 262 g/mol. The number of hydrogen-bond donors (Lipinski definition) is 1. The van der Waals surface area contributed by atoms with Crippen LogP contribution in [0, 0.1) is 0 Å². The number of nitrogens with zero attached hydrogens (tertiary/aromatic N) is 4. The normalized spacial score (nSPS) is 23.4. The highest BCUT2D eigenvalue weighted by atomic mass is 16.5. The molecule has 0 amide bonds. The molecule has 0 radical (unpaired) electrons. The first kappa shape index (κ1) is 12.4. The van der Waals surface area contributed by atoms with Crippen molar-refractivity contribution in [2.24, 2.45) is 7.05 Å². The third-order valence-electron chi connectivity index (χ3n) is 3.84. The molecule has 1 aliphatic heterocycles. The van der Waals surface area contributed by atoms with E-state index in [0.717, 1.165) is 29.7 Å². The molecule has 3 rings (SSSR count). The monoisotopic (exact) mass is 262 g/mol. The second-order valence-corrected chi connectivity index (χ2v) is 4.92. The van der Waals surface area contributed by atoms with Crippen LogP contribution in [0.1, 0.15) is 6.42 Å². The molecular formula is C13H18N4O2. The van der Waals surface area contributed by atoms with Gasteiger partial charge in [-0.15, -0.1) is 0 Å². The Hall–Kier alpha value is -1.66. The summed E-state index contributed by atoms with van der Waals surface area (Å²) in [5.74, 6) is 0. The number of rotatable bonds is 3. The van der Waals surface area contributed by atoms with Crippen LogP contribution in [0.4, 0.5) is 5.69 Å². The lowest BCUT2D eigenvalue weighted by Crippen LogP contribution is -2.32. The number of aliphatic hydroxyl groups is 1. The molecule has 1 N–H and O–H groups in total. The summed E-state index contributed by atoms with van der Waals surface area (Å²) in [7, 11) is 3.60. The van der Waals surface area contributed by atoms with Gasteiger partial charge in [-0.05, 0) is 12.5 Å². The number of anilines is 1. The van der Waals surface area contributed by atoms with E-state index in [0.29, 0.717) is 0 Å². The first-order valence-electron chi connectivity index (χ1n) is 6.41. The second-order valence-electron chi connectivity index (χ2n) is 4.92. The van der Waals surface area contributed by atoms with E-state index in [2.05, 4.69) is 15.0 Å². The molecule has 0 aliphatic carbocycles. The third-order valence-corrected chi connectivity index (χ3v) is 3.84. The van der Waals surface area contributed by atoms with E-state index < -0.39 is 0 Å². The van der Waals surface area contributed by atoms with Crippen LogP contribution in [0.2, 0.25) is 0 Å². The molecule has 2 atom stereocenters. The molecule has 6 nitrogen and oxygen atoms in total. The maximum absolute atomic E-state index is 9.55. The van der Waals surface area contributed by atoms with Crippen molar-refractivity contribution < 1.29 is 9.84 Å². The van der Waals surface area contributed by atoms with Gasteiger partial charge in [-0.25, -0.2) is 4.98 Å². The van der Waals surface area contributed by atoms with E-state index in [1.165, 1.54) is 0 Å². The molecule has 2 aromatic heterocycles. The van der Waals surface area contributed by atoms with Gasteiger partial charge in [0.1, 0.15) is 0 Å². The standard InChI is InChI=1S/C13H18N4O2/c1-16-13-11(6-15-16)12(3-4-14-13)17-7-10(19-2)5-9(17)8-18/h3-4,6,9-10,18H,5,7-8H2,1-2H3/t9-,10+/m0/s1. The van der Waals surface area contributed by atoms with Crippen molar-refractivity contribution in [2.75, 3.05) is 25.2 Å². The first-order valence-corrected chi connectivity index (χ1v) is 6.41. The lowest BCUT2D eigenvalue weighted by Gasteiger charge is -2.25. The van der Waals surface area contributed by atoms with Crippen LogP contribution in [0.3, 0.4) is 0 Å². The van der Waals surface area contributed by atoms with Gasteiger partial charge in [0, 0.05) is 26.9 Å². The van der Waals surface area contributed by atoms with Crippen LogP contribution < -0.4 is 4.90 Å². The zero-order valence-corrected chi connectivity index (χ0v) is 11.2. The van der Waals surface area contributed by atoms with E-state index in [1.54, 1.807) is 18.0 Å². The molecule has 0 aromatic carbocycles. The highest BCUT2D eigenvalue weighted by Crippen LogP contribution is 2.31. The Morgan fingerprint density at radius 1 is 1.53 bits per heavy atom. The molecule has 0 saturated carbocycles. The summed E-state index contributed by atoms with van der Waals surface area (Å²) in [6.45, 7) is 0.916. The Morgan fingerprint density at radius 3 is 3.11 bits per heavy atom. The van der Waals surface area contributed by atoms with Gasteiger partial charge < -0.3 is 14.7 Å². The fraction of sp³-hybridized carbons (Fsp3) is 0.538. The maximum atomic E-state index is 9.55. The number of fused-ring (bicyclic) bond motifs is 1. The van der Waals surface area contributed by atoms with Crippen LogP contribution in [0.5, 0.6) is 0 Å². The zero-order valence-electron chi connectivity index (χ0n) is 11.2. The van der Waals surface area contributed by atoms with Gasteiger partial charge in [0.15, 0.2) is 5.65 Å². The summed E-state index contributed by atoms with van der Waals surface area (Å²) in [5, 5.41) is 14.8. The van der Waals surface area contributed by atoms with Gasteiger partial charge >= 0.3 is 0 Å². The van der Waals surface area contributed by atoms with Gasteiger partial charge in [-0.1, -0.05) is 0 Å². The quantitative estimate of drug-likeness (QED) is 0.875. The Labute approximate surface area is 111 Å². The molecular weight excluding hydrogens is 244 g/mol. The van der Waals surface area contributed by atoms with Crippen molar-refractivity contribution in [2.45, 2.75) is 18.6 Å². The first-order chi connectivity index (χ1) is 9.24. The van der Waals surface area contributed by atoms with Crippen molar-refractivity contribution in [3.8, 4) is 0 Å². The number of aryl methyl sites for hydroxylation is 1. The van der Waals surface area contributed by atoms with Crippen LogP contribution in [0.25, 0.3) is 11.0 Å². The Bertz CT molecular complexity index is 583. The molecule has 3 heterocycles. The number of aromatic nitrogens is 3. The number of aliphatic hydroxyl groups excluding tert-OH is 1. The molecule has 2 aromatic rings. The SMILES string of the molecule is CO[C@@H]1C[C@@H](CO)N(c2ccnc3c2cnn3C)C1. The summed E-state index contributed by atoms with van der Waals surface area (Å²) in [4.78, 5) is 6.54. The fourth-order valence-corrected chi connectivity index (χ4v) is 2.80. The minimum Gasteiger partial charge on any atom is -0.394 e. The fourth-order valence-electron chi connectivity index (χ4n) is 2.80. The lowest BCUT2D eigenvalue weighted by atomic mass is 10.2.